The Kier molecular flexibility index (Phi) is 5.38. The summed E-state index contributed by atoms with van der Waals surface area (Å²) in [6, 6.07) is 0. The average molecular weight is 243 g/mol. The van der Waals surface area contributed by atoms with Crippen LogP contribution in [0.1, 0.15) is 36.8 Å². The Labute approximate surface area is 101 Å². The van der Waals surface area contributed by atoms with Crippen LogP contribution in [0.25, 0.3) is 0 Å². The van der Waals surface area contributed by atoms with Crippen molar-refractivity contribution in [2.24, 2.45) is 5.41 Å². The SMILES string of the molecule is CCCC(CO)(CO)CCc1scnc1C. The zero-order valence-electron chi connectivity index (χ0n) is 10.1. The highest BCUT2D eigenvalue weighted by atomic mass is 32.1. The van der Waals surface area contributed by atoms with E-state index in [1.54, 1.807) is 11.3 Å². The van der Waals surface area contributed by atoms with Gasteiger partial charge in [-0.05, 0) is 26.2 Å². The number of aryl methyl sites for hydroxylation is 2. The molecule has 16 heavy (non-hydrogen) atoms. The van der Waals surface area contributed by atoms with Gasteiger partial charge in [-0.25, -0.2) is 4.98 Å². The lowest BCUT2D eigenvalue weighted by Crippen LogP contribution is -2.30. The van der Waals surface area contributed by atoms with E-state index >= 15 is 0 Å². The first-order chi connectivity index (χ1) is 7.67. The molecule has 0 radical (unpaired) electrons. The number of rotatable bonds is 7. The van der Waals surface area contributed by atoms with Gasteiger partial charge >= 0.3 is 0 Å². The lowest BCUT2D eigenvalue weighted by molar-refractivity contribution is 0.0395. The maximum Gasteiger partial charge on any atom is 0.0797 e. The van der Waals surface area contributed by atoms with Crippen LogP contribution in [0.5, 0.6) is 0 Å². The van der Waals surface area contributed by atoms with Gasteiger partial charge in [0.25, 0.3) is 0 Å². The standard InChI is InChI=1S/C12H21NO2S/c1-3-5-12(7-14,8-15)6-4-11-10(2)13-9-16-11/h9,14-15H,3-8H2,1-2H3. The van der Waals surface area contributed by atoms with Gasteiger partial charge in [0.2, 0.25) is 0 Å². The molecule has 0 aliphatic rings. The molecule has 2 N–H and O–H groups in total. The summed E-state index contributed by atoms with van der Waals surface area (Å²) in [7, 11) is 0. The molecule has 0 saturated carbocycles. The summed E-state index contributed by atoms with van der Waals surface area (Å²) in [6.07, 6.45) is 3.59. The summed E-state index contributed by atoms with van der Waals surface area (Å²) < 4.78 is 0. The van der Waals surface area contributed by atoms with Gasteiger partial charge in [0, 0.05) is 10.3 Å². The second kappa shape index (κ2) is 6.33. The Morgan fingerprint density at radius 3 is 2.44 bits per heavy atom. The molecule has 0 bridgehead atoms. The maximum atomic E-state index is 9.43. The van der Waals surface area contributed by atoms with Crippen molar-refractivity contribution in [1.82, 2.24) is 4.98 Å². The van der Waals surface area contributed by atoms with E-state index in [1.165, 1.54) is 4.88 Å². The fourth-order valence-corrected chi connectivity index (χ4v) is 2.75. The van der Waals surface area contributed by atoms with Gasteiger partial charge in [-0.3, -0.25) is 0 Å². The van der Waals surface area contributed by atoms with Gasteiger partial charge in [-0.1, -0.05) is 13.3 Å². The number of hydrogen-bond donors (Lipinski definition) is 2. The van der Waals surface area contributed by atoms with E-state index in [1.807, 2.05) is 12.4 Å². The fourth-order valence-electron chi connectivity index (χ4n) is 1.97. The van der Waals surface area contributed by atoms with Gasteiger partial charge in [-0.15, -0.1) is 11.3 Å². The number of thiazole rings is 1. The minimum Gasteiger partial charge on any atom is -0.396 e. The van der Waals surface area contributed by atoms with Crippen molar-refractivity contribution in [1.29, 1.82) is 0 Å². The van der Waals surface area contributed by atoms with Crippen LogP contribution >= 0.6 is 11.3 Å². The van der Waals surface area contributed by atoms with E-state index in [-0.39, 0.29) is 18.6 Å². The number of aromatic nitrogens is 1. The molecule has 0 aliphatic carbocycles. The van der Waals surface area contributed by atoms with Gasteiger partial charge in [-0.2, -0.15) is 0 Å². The molecule has 1 heterocycles. The second-order valence-corrected chi connectivity index (χ2v) is 5.37. The molecule has 0 aliphatic heterocycles. The highest BCUT2D eigenvalue weighted by Crippen LogP contribution is 2.30. The number of aliphatic hydroxyl groups excluding tert-OH is 2. The lowest BCUT2D eigenvalue weighted by atomic mass is 9.80. The lowest BCUT2D eigenvalue weighted by Gasteiger charge is -2.29. The zero-order valence-corrected chi connectivity index (χ0v) is 10.9. The molecule has 0 fully saturated rings. The third kappa shape index (κ3) is 3.27. The Balaban J connectivity index is 2.59. The summed E-state index contributed by atoms with van der Waals surface area (Å²) >= 11 is 1.65. The fraction of sp³-hybridized carbons (Fsp3) is 0.750. The predicted octanol–water partition coefficient (Wildman–Crippen LogP) is 2.16. The van der Waals surface area contributed by atoms with E-state index in [2.05, 4.69) is 11.9 Å². The van der Waals surface area contributed by atoms with Crippen LogP contribution in [0, 0.1) is 12.3 Å². The van der Waals surface area contributed by atoms with E-state index in [0.717, 1.165) is 31.4 Å². The predicted molar refractivity (Wildman–Crippen MR) is 66.7 cm³/mol. The zero-order chi connectivity index (χ0) is 12.0. The Hall–Kier alpha value is -0.450. The molecule has 1 aromatic rings. The van der Waals surface area contributed by atoms with Crippen LogP contribution in [0.15, 0.2) is 5.51 Å². The van der Waals surface area contributed by atoms with Crippen molar-refractivity contribution in [3.8, 4) is 0 Å². The molecule has 4 heteroatoms. The summed E-state index contributed by atoms with van der Waals surface area (Å²) in [6.45, 7) is 4.22. The van der Waals surface area contributed by atoms with Gasteiger partial charge in [0.05, 0.1) is 24.4 Å². The quantitative estimate of drug-likeness (QED) is 0.771. The first kappa shape index (κ1) is 13.6. The first-order valence-electron chi connectivity index (χ1n) is 5.78. The molecule has 0 atom stereocenters. The molecule has 3 nitrogen and oxygen atoms in total. The van der Waals surface area contributed by atoms with Gasteiger partial charge in [0.15, 0.2) is 0 Å². The third-order valence-electron chi connectivity index (χ3n) is 3.18. The number of hydrogen-bond acceptors (Lipinski definition) is 4. The minimum absolute atomic E-state index is 0.0647. The first-order valence-corrected chi connectivity index (χ1v) is 6.66. The van der Waals surface area contributed by atoms with E-state index < -0.39 is 0 Å². The number of aliphatic hydroxyl groups is 2. The Morgan fingerprint density at radius 2 is 2.00 bits per heavy atom. The van der Waals surface area contributed by atoms with Crippen LogP contribution < -0.4 is 0 Å². The van der Waals surface area contributed by atoms with Gasteiger partial charge < -0.3 is 10.2 Å². The topological polar surface area (TPSA) is 53.4 Å². The highest BCUT2D eigenvalue weighted by molar-refractivity contribution is 7.09. The molecule has 0 saturated heterocycles. The molecule has 1 aromatic heterocycles. The monoisotopic (exact) mass is 243 g/mol. The smallest absolute Gasteiger partial charge is 0.0797 e. The maximum absolute atomic E-state index is 9.43. The highest BCUT2D eigenvalue weighted by Gasteiger charge is 2.27. The van der Waals surface area contributed by atoms with Crippen molar-refractivity contribution in [2.45, 2.75) is 39.5 Å². The van der Waals surface area contributed by atoms with Gasteiger partial charge in [0.1, 0.15) is 0 Å². The summed E-state index contributed by atoms with van der Waals surface area (Å²) in [5.74, 6) is 0. The summed E-state index contributed by atoms with van der Waals surface area (Å²) in [4.78, 5) is 5.47. The van der Waals surface area contributed by atoms with Crippen LogP contribution in [-0.4, -0.2) is 28.4 Å². The second-order valence-electron chi connectivity index (χ2n) is 4.43. The van der Waals surface area contributed by atoms with Crippen molar-refractivity contribution in [3.63, 3.8) is 0 Å². The molecular weight excluding hydrogens is 222 g/mol. The van der Waals surface area contributed by atoms with E-state index in [9.17, 15) is 10.2 Å². The van der Waals surface area contributed by atoms with Crippen LogP contribution in [0.2, 0.25) is 0 Å². The minimum atomic E-state index is -0.314. The third-order valence-corrected chi connectivity index (χ3v) is 4.17. The molecule has 0 spiro atoms. The Bertz CT molecular complexity index is 308. The van der Waals surface area contributed by atoms with Crippen molar-refractivity contribution in [2.75, 3.05) is 13.2 Å². The van der Waals surface area contributed by atoms with Crippen molar-refractivity contribution >= 4 is 11.3 Å². The molecule has 92 valence electrons. The van der Waals surface area contributed by atoms with E-state index in [0.29, 0.717) is 0 Å². The Morgan fingerprint density at radius 1 is 1.31 bits per heavy atom. The van der Waals surface area contributed by atoms with E-state index in [4.69, 9.17) is 0 Å². The van der Waals surface area contributed by atoms with Crippen molar-refractivity contribution in [3.05, 3.63) is 16.1 Å². The van der Waals surface area contributed by atoms with Crippen LogP contribution in [0.3, 0.4) is 0 Å². The molecule has 0 unspecified atom stereocenters. The normalized spacial score (nSPS) is 12.0. The van der Waals surface area contributed by atoms with Crippen LogP contribution in [-0.2, 0) is 6.42 Å². The summed E-state index contributed by atoms with van der Waals surface area (Å²) in [5.41, 5.74) is 2.61. The van der Waals surface area contributed by atoms with Crippen molar-refractivity contribution < 1.29 is 10.2 Å². The summed E-state index contributed by atoms with van der Waals surface area (Å²) in [5, 5.41) is 18.9. The molecule has 0 amide bonds. The number of nitrogens with zero attached hydrogens (tertiary/aromatic N) is 1. The largest absolute Gasteiger partial charge is 0.396 e. The molecule has 0 aromatic carbocycles. The molecular formula is C12H21NO2S. The van der Waals surface area contributed by atoms with Crippen LogP contribution in [0.4, 0.5) is 0 Å². The average Bonchev–Trinajstić information content (AvgIpc) is 2.70. The molecule has 1 rings (SSSR count).